The second kappa shape index (κ2) is 7.76. The number of nitrogens with zero attached hydrogens (tertiary/aromatic N) is 1. The van der Waals surface area contributed by atoms with Crippen LogP contribution >= 0.6 is 11.6 Å². The lowest BCUT2D eigenvalue weighted by Crippen LogP contribution is -2.17. The Kier molecular flexibility index (Phi) is 5.24. The van der Waals surface area contributed by atoms with Crippen molar-refractivity contribution >= 4 is 34.8 Å². The molecule has 130 valence electrons. The molecular formula is C19H13ClFN3O2. The van der Waals surface area contributed by atoms with E-state index < -0.39 is 17.6 Å². The van der Waals surface area contributed by atoms with Gasteiger partial charge in [0.05, 0.1) is 16.4 Å². The number of nitrogens with one attached hydrogen (secondary N) is 2. The number of carbonyl (C=O) groups excluding carboxylic acids is 2. The second-order valence-electron chi connectivity index (χ2n) is 5.30. The number of benzene rings is 2. The minimum atomic E-state index is -0.552. The van der Waals surface area contributed by atoms with Crippen molar-refractivity contribution < 1.29 is 14.0 Å². The molecule has 0 unspecified atom stereocenters. The van der Waals surface area contributed by atoms with Gasteiger partial charge in [-0.3, -0.25) is 14.6 Å². The molecule has 0 aliphatic heterocycles. The average molecular weight is 370 g/mol. The Morgan fingerprint density at radius 3 is 2.27 bits per heavy atom. The molecule has 5 nitrogen and oxygen atoms in total. The first-order valence-electron chi connectivity index (χ1n) is 7.62. The Morgan fingerprint density at radius 2 is 1.54 bits per heavy atom. The summed E-state index contributed by atoms with van der Waals surface area (Å²) in [4.78, 5) is 28.6. The van der Waals surface area contributed by atoms with Gasteiger partial charge in [0.1, 0.15) is 11.5 Å². The number of rotatable bonds is 4. The van der Waals surface area contributed by atoms with Gasteiger partial charge in [-0.15, -0.1) is 0 Å². The topological polar surface area (TPSA) is 71.1 Å². The molecule has 2 aromatic carbocycles. The number of pyridine rings is 1. The van der Waals surface area contributed by atoms with E-state index in [9.17, 15) is 14.0 Å². The van der Waals surface area contributed by atoms with Crippen molar-refractivity contribution in [3.8, 4) is 0 Å². The van der Waals surface area contributed by atoms with Crippen molar-refractivity contribution in [2.45, 2.75) is 0 Å². The molecule has 0 saturated heterocycles. The van der Waals surface area contributed by atoms with Crippen LogP contribution in [0.2, 0.25) is 5.02 Å². The summed E-state index contributed by atoms with van der Waals surface area (Å²) < 4.78 is 13.6. The van der Waals surface area contributed by atoms with E-state index in [1.165, 1.54) is 36.5 Å². The summed E-state index contributed by atoms with van der Waals surface area (Å²) in [5.74, 6) is -1.62. The van der Waals surface area contributed by atoms with Crippen LogP contribution in [0.5, 0.6) is 0 Å². The maximum Gasteiger partial charge on any atom is 0.274 e. The molecule has 7 heteroatoms. The first kappa shape index (κ1) is 17.6. The number of aromatic nitrogens is 1. The lowest BCUT2D eigenvalue weighted by Gasteiger charge is -2.09. The van der Waals surface area contributed by atoms with Gasteiger partial charge in [0.2, 0.25) is 0 Å². The Balaban J connectivity index is 1.77. The first-order chi connectivity index (χ1) is 12.5. The highest BCUT2D eigenvalue weighted by atomic mass is 35.5. The second-order valence-corrected chi connectivity index (χ2v) is 5.70. The van der Waals surface area contributed by atoms with Crippen LogP contribution in [-0.2, 0) is 0 Å². The predicted molar refractivity (Wildman–Crippen MR) is 98.0 cm³/mol. The fourth-order valence-electron chi connectivity index (χ4n) is 2.20. The number of carbonyl (C=O) groups is 2. The highest BCUT2D eigenvalue weighted by Crippen LogP contribution is 2.21. The Hall–Kier alpha value is -3.25. The van der Waals surface area contributed by atoms with Gasteiger partial charge in [-0.1, -0.05) is 35.9 Å². The zero-order valence-electron chi connectivity index (χ0n) is 13.4. The number of amides is 2. The van der Waals surface area contributed by atoms with E-state index in [1.54, 1.807) is 30.3 Å². The van der Waals surface area contributed by atoms with Crippen LogP contribution < -0.4 is 10.6 Å². The van der Waals surface area contributed by atoms with E-state index in [1.807, 2.05) is 0 Å². The molecule has 0 bridgehead atoms. The quantitative estimate of drug-likeness (QED) is 0.717. The lowest BCUT2D eigenvalue weighted by molar-refractivity contribution is 0.102. The number of hydrogen-bond acceptors (Lipinski definition) is 3. The summed E-state index contributed by atoms with van der Waals surface area (Å²) >= 11 is 6.01. The minimum absolute atomic E-state index is 0.0334. The van der Waals surface area contributed by atoms with Gasteiger partial charge < -0.3 is 10.6 Å². The lowest BCUT2D eigenvalue weighted by atomic mass is 10.2. The van der Waals surface area contributed by atoms with Crippen LogP contribution in [0.15, 0.2) is 66.9 Å². The van der Waals surface area contributed by atoms with Gasteiger partial charge in [-0.25, -0.2) is 4.39 Å². The highest BCUT2D eigenvalue weighted by molar-refractivity contribution is 6.33. The molecular weight excluding hydrogens is 357 g/mol. The Morgan fingerprint density at radius 1 is 0.885 bits per heavy atom. The van der Waals surface area contributed by atoms with Gasteiger partial charge in [0.15, 0.2) is 0 Å². The number of hydrogen-bond donors (Lipinski definition) is 2. The van der Waals surface area contributed by atoms with Gasteiger partial charge in [-0.05, 0) is 36.4 Å². The molecule has 0 saturated carbocycles. The third-order valence-corrected chi connectivity index (χ3v) is 3.83. The fraction of sp³-hybridized carbons (Fsp3) is 0. The van der Waals surface area contributed by atoms with Gasteiger partial charge in [-0.2, -0.15) is 0 Å². The van der Waals surface area contributed by atoms with Crippen molar-refractivity contribution in [3.63, 3.8) is 0 Å². The molecule has 1 heterocycles. The molecule has 0 atom stereocenters. The van der Waals surface area contributed by atoms with Crippen molar-refractivity contribution in [1.82, 2.24) is 4.98 Å². The van der Waals surface area contributed by atoms with Crippen LogP contribution in [-0.4, -0.2) is 16.8 Å². The van der Waals surface area contributed by atoms with Crippen molar-refractivity contribution in [3.05, 3.63) is 89.0 Å². The van der Waals surface area contributed by atoms with Crippen LogP contribution in [0.3, 0.4) is 0 Å². The highest BCUT2D eigenvalue weighted by Gasteiger charge is 2.14. The molecule has 2 N–H and O–H groups in total. The smallest absolute Gasteiger partial charge is 0.274 e. The summed E-state index contributed by atoms with van der Waals surface area (Å²) in [6, 6.07) is 15.3. The predicted octanol–water partition coefficient (Wildman–Crippen LogP) is 4.38. The van der Waals surface area contributed by atoms with E-state index >= 15 is 0 Å². The summed E-state index contributed by atoms with van der Waals surface area (Å²) in [5, 5.41) is 5.47. The van der Waals surface area contributed by atoms with E-state index in [-0.39, 0.29) is 16.9 Å². The largest absolute Gasteiger partial charge is 0.319 e. The normalized spacial score (nSPS) is 10.2. The molecule has 3 aromatic rings. The molecule has 2 amide bonds. The molecule has 0 aliphatic carbocycles. The number of anilines is 2. The van der Waals surface area contributed by atoms with E-state index in [0.29, 0.717) is 10.7 Å². The zero-order chi connectivity index (χ0) is 18.5. The Labute approximate surface area is 153 Å². The molecule has 0 aliphatic rings. The molecule has 0 spiro atoms. The average Bonchev–Trinajstić information content (AvgIpc) is 2.65. The molecule has 3 rings (SSSR count). The number of para-hydroxylation sites is 2. The van der Waals surface area contributed by atoms with Crippen LogP contribution in [0.25, 0.3) is 0 Å². The summed E-state index contributed by atoms with van der Waals surface area (Å²) in [5.41, 5.74) is 0.692. The van der Waals surface area contributed by atoms with Crippen molar-refractivity contribution in [2.24, 2.45) is 0 Å². The first-order valence-corrected chi connectivity index (χ1v) is 8.00. The van der Waals surface area contributed by atoms with Crippen LogP contribution in [0.4, 0.5) is 15.8 Å². The van der Waals surface area contributed by atoms with Crippen molar-refractivity contribution in [1.29, 1.82) is 0 Å². The minimum Gasteiger partial charge on any atom is -0.319 e. The summed E-state index contributed by atoms with van der Waals surface area (Å²) in [7, 11) is 0. The van der Waals surface area contributed by atoms with E-state index in [4.69, 9.17) is 11.6 Å². The fourth-order valence-corrected chi connectivity index (χ4v) is 2.38. The number of halogens is 2. The maximum atomic E-state index is 13.6. The van der Waals surface area contributed by atoms with Gasteiger partial charge in [0.25, 0.3) is 11.8 Å². The van der Waals surface area contributed by atoms with Crippen LogP contribution in [0.1, 0.15) is 20.8 Å². The third kappa shape index (κ3) is 4.04. The molecule has 0 fully saturated rings. The summed E-state index contributed by atoms with van der Waals surface area (Å²) in [6.45, 7) is 0. The zero-order valence-corrected chi connectivity index (χ0v) is 14.1. The van der Waals surface area contributed by atoms with Crippen molar-refractivity contribution in [2.75, 3.05) is 10.6 Å². The van der Waals surface area contributed by atoms with E-state index in [2.05, 4.69) is 15.6 Å². The Bertz CT molecular complexity index is 904. The SMILES string of the molecule is O=C(Nc1ccccc1F)c1ccnc(C(=O)Nc2ccccc2Cl)c1. The monoisotopic (exact) mass is 369 g/mol. The maximum absolute atomic E-state index is 13.6. The molecule has 26 heavy (non-hydrogen) atoms. The third-order valence-electron chi connectivity index (χ3n) is 3.50. The van der Waals surface area contributed by atoms with Gasteiger partial charge in [0, 0.05) is 11.8 Å². The van der Waals surface area contributed by atoms with Gasteiger partial charge >= 0.3 is 0 Å². The van der Waals surface area contributed by atoms with Crippen LogP contribution in [0, 0.1) is 5.82 Å². The summed E-state index contributed by atoms with van der Waals surface area (Å²) in [6.07, 6.45) is 1.33. The standard InChI is InChI=1S/C19H13ClFN3O2/c20-13-5-1-3-7-15(13)23-19(26)17-11-12(9-10-22-17)18(25)24-16-8-4-2-6-14(16)21/h1-11H,(H,23,26)(H,24,25). The molecule has 1 aromatic heterocycles. The van der Waals surface area contributed by atoms with E-state index in [0.717, 1.165) is 0 Å². The molecule has 0 radical (unpaired) electrons.